The van der Waals surface area contributed by atoms with Gasteiger partial charge in [0.05, 0.1) is 21.9 Å². The third-order valence-electron chi connectivity index (χ3n) is 3.68. The van der Waals surface area contributed by atoms with Crippen LogP contribution in [-0.4, -0.2) is 28.7 Å². The van der Waals surface area contributed by atoms with Gasteiger partial charge in [-0.15, -0.1) is 0 Å². The second kappa shape index (κ2) is 8.09. The molecule has 0 saturated carbocycles. The van der Waals surface area contributed by atoms with Crippen molar-refractivity contribution in [3.8, 4) is 0 Å². The van der Waals surface area contributed by atoms with E-state index in [0.29, 0.717) is 11.3 Å². The van der Waals surface area contributed by atoms with E-state index >= 15 is 0 Å². The Morgan fingerprint density at radius 2 is 1.81 bits per heavy atom. The van der Waals surface area contributed by atoms with E-state index in [1.165, 1.54) is 13.8 Å². The van der Waals surface area contributed by atoms with Crippen molar-refractivity contribution >= 4 is 34.7 Å². The Morgan fingerprint density at radius 1 is 1.15 bits per heavy atom. The number of nitro groups is 1. The smallest absolute Gasteiger partial charge is 0.341 e. The number of anilines is 2. The molecule has 0 aliphatic heterocycles. The lowest BCUT2D eigenvalue weighted by molar-refractivity contribution is -0.384. The number of hydrogen-bond donors (Lipinski definition) is 2. The lowest BCUT2D eigenvalue weighted by Gasteiger charge is -2.15. The van der Waals surface area contributed by atoms with Crippen molar-refractivity contribution in [3.63, 3.8) is 0 Å². The van der Waals surface area contributed by atoms with Gasteiger partial charge in [0, 0.05) is 17.7 Å². The summed E-state index contributed by atoms with van der Waals surface area (Å²) in [5.41, 5.74) is 5.77. The number of nitrogens with one attached hydrogen (secondary N) is 1. The first-order chi connectivity index (χ1) is 12.7. The summed E-state index contributed by atoms with van der Waals surface area (Å²) in [5.74, 6) is -1.77. The molecule has 0 unspecified atom stereocenters. The minimum absolute atomic E-state index is 0.0932. The van der Waals surface area contributed by atoms with Crippen molar-refractivity contribution in [2.45, 2.75) is 20.0 Å². The summed E-state index contributed by atoms with van der Waals surface area (Å²) < 4.78 is 5.07. The average molecular weight is 371 g/mol. The fourth-order valence-corrected chi connectivity index (χ4v) is 2.26. The van der Waals surface area contributed by atoms with Crippen LogP contribution in [0.4, 0.5) is 17.1 Å². The molecule has 0 bridgehead atoms. The maximum absolute atomic E-state index is 12.3. The quantitative estimate of drug-likeness (QED) is 0.261. The van der Waals surface area contributed by atoms with Gasteiger partial charge in [0.25, 0.3) is 11.6 Å². The maximum atomic E-state index is 12.3. The number of ketones is 1. The summed E-state index contributed by atoms with van der Waals surface area (Å²) in [6.07, 6.45) is -1.19. The molecule has 0 aliphatic rings. The molecule has 0 fully saturated rings. The van der Waals surface area contributed by atoms with Gasteiger partial charge in [-0.3, -0.25) is 19.7 Å². The zero-order valence-corrected chi connectivity index (χ0v) is 14.6. The summed E-state index contributed by atoms with van der Waals surface area (Å²) in [6.45, 7) is 2.72. The number of nitrogens with two attached hydrogens (primary N) is 1. The number of para-hydroxylation sites is 1. The van der Waals surface area contributed by atoms with Crippen molar-refractivity contribution in [1.29, 1.82) is 0 Å². The van der Waals surface area contributed by atoms with E-state index in [9.17, 15) is 24.5 Å². The number of non-ortho nitro benzene ring substituents is 1. The summed E-state index contributed by atoms with van der Waals surface area (Å²) >= 11 is 0. The predicted molar refractivity (Wildman–Crippen MR) is 97.5 cm³/mol. The largest absolute Gasteiger partial charge is 0.449 e. The molecule has 0 radical (unpaired) electrons. The van der Waals surface area contributed by atoms with Gasteiger partial charge >= 0.3 is 5.97 Å². The number of nitrogens with zero attached hydrogens (tertiary/aromatic N) is 1. The summed E-state index contributed by atoms with van der Waals surface area (Å²) in [7, 11) is 0. The Hall–Kier alpha value is -3.75. The summed E-state index contributed by atoms with van der Waals surface area (Å²) in [6, 6.07) is 9.73. The predicted octanol–water partition coefficient (Wildman–Crippen LogP) is 2.56. The molecular weight excluding hydrogens is 354 g/mol. The molecule has 2 aromatic carbocycles. The number of rotatable bonds is 6. The van der Waals surface area contributed by atoms with E-state index in [1.54, 1.807) is 24.3 Å². The van der Waals surface area contributed by atoms with Gasteiger partial charge in [-0.05, 0) is 32.0 Å². The van der Waals surface area contributed by atoms with Crippen molar-refractivity contribution in [3.05, 3.63) is 63.7 Å². The van der Waals surface area contributed by atoms with Crippen LogP contribution in [0.25, 0.3) is 0 Å². The molecule has 1 amide bonds. The summed E-state index contributed by atoms with van der Waals surface area (Å²) in [5, 5.41) is 13.2. The number of carbonyl (C=O) groups is 3. The van der Waals surface area contributed by atoms with E-state index in [-0.39, 0.29) is 22.7 Å². The Bertz CT molecular complexity index is 925. The molecule has 0 spiro atoms. The highest BCUT2D eigenvalue weighted by Crippen LogP contribution is 2.21. The van der Waals surface area contributed by atoms with E-state index < -0.39 is 22.9 Å². The number of nitrogen functional groups attached to an aromatic ring is 1. The molecule has 0 aliphatic carbocycles. The van der Waals surface area contributed by atoms with Crippen LogP contribution in [0.5, 0.6) is 0 Å². The molecule has 0 aromatic heterocycles. The van der Waals surface area contributed by atoms with Gasteiger partial charge in [-0.1, -0.05) is 12.1 Å². The molecule has 3 N–H and O–H groups in total. The first kappa shape index (κ1) is 19.6. The van der Waals surface area contributed by atoms with Crippen molar-refractivity contribution in [2.24, 2.45) is 0 Å². The first-order valence-corrected chi connectivity index (χ1v) is 7.86. The summed E-state index contributed by atoms with van der Waals surface area (Å²) in [4.78, 5) is 46.1. The molecule has 9 nitrogen and oxygen atoms in total. The molecule has 27 heavy (non-hydrogen) atoms. The zero-order valence-electron chi connectivity index (χ0n) is 14.6. The van der Waals surface area contributed by atoms with Gasteiger partial charge in [0.15, 0.2) is 11.9 Å². The molecular formula is C18H17N3O6. The molecule has 2 rings (SSSR count). The standard InChI is InChI=1S/C18H17N3O6/c1-10(22)13-5-3-4-6-16(13)20-17(23)11(2)27-18(24)14-8-7-12(21(25)26)9-15(14)19/h3-9,11H,19H2,1-2H3,(H,20,23)/t11-/m1/s1. The van der Waals surface area contributed by atoms with Crippen LogP contribution in [-0.2, 0) is 9.53 Å². The highest BCUT2D eigenvalue weighted by molar-refractivity contribution is 6.05. The number of nitro benzene ring substituents is 1. The van der Waals surface area contributed by atoms with Crippen LogP contribution in [0.1, 0.15) is 34.6 Å². The van der Waals surface area contributed by atoms with Crippen molar-refractivity contribution in [2.75, 3.05) is 11.1 Å². The van der Waals surface area contributed by atoms with Crippen LogP contribution in [0.2, 0.25) is 0 Å². The van der Waals surface area contributed by atoms with Crippen molar-refractivity contribution < 1.29 is 24.0 Å². The molecule has 1 atom stereocenters. The van der Waals surface area contributed by atoms with E-state index in [0.717, 1.165) is 18.2 Å². The van der Waals surface area contributed by atoms with Crippen LogP contribution in [0.3, 0.4) is 0 Å². The fraction of sp³-hybridized carbons (Fsp3) is 0.167. The Balaban J connectivity index is 2.09. The van der Waals surface area contributed by atoms with Gasteiger partial charge in [-0.2, -0.15) is 0 Å². The molecule has 2 aromatic rings. The SMILES string of the molecule is CC(=O)c1ccccc1NC(=O)[C@@H](C)OC(=O)c1ccc([N+](=O)[O-])cc1N. The van der Waals surface area contributed by atoms with Gasteiger partial charge in [0.2, 0.25) is 0 Å². The Labute approximate surface area is 154 Å². The van der Waals surface area contributed by atoms with Crippen LogP contribution in [0, 0.1) is 10.1 Å². The number of esters is 1. The topological polar surface area (TPSA) is 142 Å². The molecule has 140 valence electrons. The monoisotopic (exact) mass is 371 g/mol. The van der Waals surface area contributed by atoms with Gasteiger partial charge in [0.1, 0.15) is 0 Å². The Kier molecular flexibility index (Phi) is 5.86. The Morgan fingerprint density at radius 3 is 2.41 bits per heavy atom. The van der Waals surface area contributed by atoms with Gasteiger partial charge in [-0.25, -0.2) is 4.79 Å². The average Bonchev–Trinajstić information content (AvgIpc) is 2.61. The molecule has 9 heteroatoms. The van der Waals surface area contributed by atoms with Gasteiger partial charge < -0.3 is 15.8 Å². The number of Topliss-reactive ketones (excluding diaryl/α,β-unsaturated/α-hetero) is 1. The van der Waals surface area contributed by atoms with Crippen LogP contribution < -0.4 is 11.1 Å². The lowest BCUT2D eigenvalue weighted by Crippen LogP contribution is -2.30. The highest BCUT2D eigenvalue weighted by atomic mass is 16.6. The number of amides is 1. The van der Waals surface area contributed by atoms with E-state index in [1.807, 2.05) is 0 Å². The maximum Gasteiger partial charge on any atom is 0.341 e. The molecule has 0 saturated heterocycles. The van der Waals surface area contributed by atoms with E-state index in [4.69, 9.17) is 10.5 Å². The second-order valence-electron chi connectivity index (χ2n) is 5.67. The number of hydrogen-bond acceptors (Lipinski definition) is 7. The van der Waals surface area contributed by atoms with Crippen molar-refractivity contribution in [1.82, 2.24) is 0 Å². The second-order valence-corrected chi connectivity index (χ2v) is 5.67. The highest BCUT2D eigenvalue weighted by Gasteiger charge is 2.22. The van der Waals surface area contributed by atoms with Crippen LogP contribution >= 0.6 is 0 Å². The number of carbonyl (C=O) groups excluding carboxylic acids is 3. The minimum Gasteiger partial charge on any atom is -0.449 e. The fourth-order valence-electron chi connectivity index (χ4n) is 2.26. The van der Waals surface area contributed by atoms with E-state index in [2.05, 4.69) is 5.32 Å². The number of benzene rings is 2. The first-order valence-electron chi connectivity index (χ1n) is 7.86. The third-order valence-corrected chi connectivity index (χ3v) is 3.68. The van der Waals surface area contributed by atoms with Crippen LogP contribution in [0.15, 0.2) is 42.5 Å². The normalized spacial score (nSPS) is 11.3. The third kappa shape index (κ3) is 4.66. The lowest BCUT2D eigenvalue weighted by atomic mass is 10.1. The number of ether oxygens (including phenoxy) is 1. The molecule has 0 heterocycles. The zero-order chi connectivity index (χ0) is 20.1. The minimum atomic E-state index is -1.19.